The molecule has 0 bridgehead atoms. The number of ether oxygens (including phenoxy) is 1. The SMILES string of the molecule is CCC(=O)c1ccc(OCC(O)Cn2cnc3ccc(Br)cc3c2=O)cc1. The van der Waals surface area contributed by atoms with E-state index < -0.39 is 6.10 Å². The summed E-state index contributed by atoms with van der Waals surface area (Å²) in [5.41, 5.74) is 1.01. The zero-order valence-corrected chi connectivity index (χ0v) is 16.3. The second-order valence-electron chi connectivity index (χ2n) is 6.13. The molecule has 1 atom stereocenters. The highest BCUT2D eigenvalue weighted by molar-refractivity contribution is 9.10. The number of fused-ring (bicyclic) bond motifs is 1. The summed E-state index contributed by atoms with van der Waals surface area (Å²) < 4.78 is 7.71. The minimum Gasteiger partial charge on any atom is -0.491 e. The Morgan fingerprint density at radius 3 is 2.70 bits per heavy atom. The maximum Gasteiger partial charge on any atom is 0.261 e. The van der Waals surface area contributed by atoms with Crippen molar-refractivity contribution in [3.63, 3.8) is 0 Å². The number of aliphatic hydroxyl groups excluding tert-OH is 1. The number of nitrogens with zero attached hydrogens (tertiary/aromatic N) is 2. The van der Waals surface area contributed by atoms with Crippen molar-refractivity contribution in [2.45, 2.75) is 26.0 Å². The molecule has 0 aliphatic rings. The van der Waals surface area contributed by atoms with Gasteiger partial charge in [0.25, 0.3) is 5.56 Å². The number of carbonyl (C=O) groups excluding carboxylic acids is 1. The third-order valence-corrected chi connectivity index (χ3v) is 4.63. The van der Waals surface area contributed by atoms with E-state index in [1.54, 1.807) is 36.4 Å². The second kappa shape index (κ2) is 8.45. The zero-order chi connectivity index (χ0) is 19.4. The summed E-state index contributed by atoms with van der Waals surface area (Å²) in [6.45, 7) is 1.90. The standard InChI is InChI=1S/C20H19BrN2O4/c1-2-19(25)13-3-6-16(7-4-13)27-11-15(24)10-23-12-22-18-8-5-14(21)9-17(18)20(23)26/h3-9,12,15,24H,2,10-11H2,1H3. The van der Waals surface area contributed by atoms with Crippen LogP contribution in [0.5, 0.6) is 5.75 Å². The van der Waals surface area contributed by atoms with Crippen LogP contribution in [0.25, 0.3) is 10.9 Å². The normalized spacial score (nSPS) is 12.1. The van der Waals surface area contributed by atoms with Gasteiger partial charge in [-0.2, -0.15) is 0 Å². The van der Waals surface area contributed by atoms with Gasteiger partial charge >= 0.3 is 0 Å². The predicted molar refractivity (Wildman–Crippen MR) is 106 cm³/mol. The molecule has 27 heavy (non-hydrogen) atoms. The third-order valence-electron chi connectivity index (χ3n) is 4.13. The molecule has 1 N–H and O–H groups in total. The average molecular weight is 431 g/mol. The number of carbonyl (C=O) groups is 1. The van der Waals surface area contributed by atoms with Gasteiger partial charge in [-0.05, 0) is 42.5 Å². The van der Waals surface area contributed by atoms with Gasteiger partial charge in [0.1, 0.15) is 18.5 Å². The first-order chi connectivity index (χ1) is 13.0. The first-order valence-electron chi connectivity index (χ1n) is 8.56. The first-order valence-corrected chi connectivity index (χ1v) is 9.36. The Kier molecular flexibility index (Phi) is 6.03. The topological polar surface area (TPSA) is 81.4 Å². The van der Waals surface area contributed by atoms with Gasteiger partial charge in [0.05, 0.1) is 23.8 Å². The van der Waals surface area contributed by atoms with Gasteiger partial charge in [-0.1, -0.05) is 22.9 Å². The molecule has 0 fully saturated rings. The summed E-state index contributed by atoms with van der Waals surface area (Å²) in [5, 5.41) is 10.7. The van der Waals surface area contributed by atoms with E-state index in [2.05, 4.69) is 20.9 Å². The molecule has 0 radical (unpaired) electrons. The molecule has 1 aromatic heterocycles. The molecule has 0 aliphatic carbocycles. The molecule has 1 heterocycles. The Bertz CT molecular complexity index is 1010. The number of aliphatic hydroxyl groups is 1. The highest BCUT2D eigenvalue weighted by Crippen LogP contribution is 2.16. The van der Waals surface area contributed by atoms with Gasteiger partial charge in [-0.3, -0.25) is 14.2 Å². The summed E-state index contributed by atoms with van der Waals surface area (Å²) in [4.78, 5) is 28.4. The second-order valence-corrected chi connectivity index (χ2v) is 7.05. The van der Waals surface area contributed by atoms with Crippen LogP contribution >= 0.6 is 15.9 Å². The Morgan fingerprint density at radius 1 is 1.26 bits per heavy atom. The quantitative estimate of drug-likeness (QED) is 0.582. The van der Waals surface area contributed by atoms with Gasteiger partial charge in [0.2, 0.25) is 0 Å². The molecule has 3 aromatic rings. The van der Waals surface area contributed by atoms with Crippen molar-refractivity contribution in [1.29, 1.82) is 0 Å². The number of halogens is 1. The number of Topliss-reactive ketones (excluding diaryl/α,β-unsaturated/α-hetero) is 1. The van der Waals surface area contributed by atoms with E-state index in [-0.39, 0.29) is 24.5 Å². The van der Waals surface area contributed by atoms with Crippen LogP contribution in [0.2, 0.25) is 0 Å². The van der Waals surface area contributed by atoms with E-state index in [1.807, 2.05) is 13.0 Å². The molecule has 7 heteroatoms. The average Bonchev–Trinajstić information content (AvgIpc) is 2.68. The van der Waals surface area contributed by atoms with Crippen LogP contribution in [0.3, 0.4) is 0 Å². The van der Waals surface area contributed by atoms with Crippen molar-refractivity contribution in [1.82, 2.24) is 9.55 Å². The fourth-order valence-electron chi connectivity index (χ4n) is 2.67. The molecule has 0 spiro atoms. The van der Waals surface area contributed by atoms with E-state index in [0.29, 0.717) is 28.6 Å². The maximum atomic E-state index is 12.5. The van der Waals surface area contributed by atoms with Crippen LogP contribution in [0, 0.1) is 0 Å². The third kappa shape index (κ3) is 4.61. The number of aromatic nitrogens is 2. The monoisotopic (exact) mass is 430 g/mol. The van der Waals surface area contributed by atoms with Gasteiger partial charge in [0.15, 0.2) is 5.78 Å². The van der Waals surface area contributed by atoms with E-state index in [0.717, 1.165) is 4.47 Å². The first kappa shape index (κ1) is 19.3. The van der Waals surface area contributed by atoms with Crippen molar-refractivity contribution in [3.8, 4) is 5.75 Å². The molecule has 0 aliphatic heterocycles. The highest BCUT2D eigenvalue weighted by atomic mass is 79.9. The summed E-state index contributed by atoms with van der Waals surface area (Å²) >= 11 is 3.34. The Balaban J connectivity index is 1.65. The number of hydrogen-bond donors (Lipinski definition) is 1. The van der Waals surface area contributed by atoms with Crippen LogP contribution in [0.1, 0.15) is 23.7 Å². The Morgan fingerprint density at radius 2 is 2.00 bits per heavy atom. The van der Waals surface area contributed by atoms with Crippen LogP contribution in [-0.4, -0.2) is 33.2 Å². The van der Waals surface area contributed by atoms with Crippen molar-refractivity contribution < 1.29 is 14.6 Å². The van der Waals surface area contributed by atoms with Gasteiger partial charge in [-0.25, -0.2) is 4.98 Å². The molecule has 0 saturated carbocycles. The molecular weight excluding hydrogens is 412 g/mol. The van der Waals surface area contributed by atoms with Gasteiger partial charge in [0, 0.05) is 16.5 Å². The molecule has 2 aromatic carbocycles. The lowest BCUT2D eigenvalue weighted by molar-refractivity contribution is 0.0913. The number of benzene rings is 2. The van der Waals surface area contributed by atoms with Crippen LogP contribution in [-0.2, 0) is 6.54 Å². The molecule has 0 saturated heterocycles. The Labute approximate surface area is 164 Å². The minimum absolute atomic E-state index is 0.0179. The van der Waals surface area contributed by atoms with Crippen molar-refractivity contribution in [3.05, 3.63) is 69.2 Å². The predicted octanol–water partition coefficient (Wildman–Crippen LogP) is 3.19. The highest BCUT2D eigenvalue weighted by Gasteiger charge is 2.11. The lowest BCUT2D eigenvalue weighted by Gasteiger charge is -2.14. The molecule has 140 valence electrons. The van der Waals surface area contributed by atoms with Crippen molar-refractivity contribution in [2.75, 3.05) is 6.61 Å². The van der Waals surface area contributed by atoms with E-state index in [9.17, 15) is 14.7 Å². The van der Waals surface area contributed by atoms with Gasteiger partial charge in [-0.15, -0.1) is 0 Å². The lowest BCUT2D eigenvalue weighted by atomic mass is 10.1. The van der Waals surface area contributed by atoms with Crippen LogP contribution in [0.15, 0.2) is 58.1 Å². The molecule has 0 amide bonds. The summed E-state index contributed by atoms with van der Waals surface area (Å²) in [7, 11) is 0. The largest absolute Gasteiger partial charge is 0.491 e. The smallest absolute Gasteiger partial charge is 0.261 e. The fraction of sp³-hybridized carbons (Fsp3) is 0.250. The van der Waals surface area contributed by atoms with Crippen molar-refractivity contribution in [2.24, 2.45) is 0 Å². The van der Waals surface area contributed by atoms with E-state index >= 15 is 0 Å². The fourth-order valence-corrected chi connectivity index (χ4v) is 3.04. The number of ketones is 1. The van der Waals surface area contributed by atoms with Crippen LogP contribution in [0.4, 0.5) is 0 Å². The van der Waals surface area contributed by atoms with E-state index in [1.165, 1.54) is 10.9 Å². The van der Waals surface area contributed by atoms with Crippen LogP contribution < -0.4 is 10.3 Å². The molecular formula is C20H19BrN2O4. The molecule has 6 nitrogen and oxygen atoms in total. The summed E-state index contributed by atoms with van der Waals surface area (Å²) in [6, 6.07) is 12.1. The maximum absolute atomic E-state index is 12.5. The number of hydrogen-bond acceptors (Lipinski definition) is 5. The lowest BCUT2D eigenvalue weighted by Crippen LogP contribution is -2.30. The summed E-state index contributed by atoms with van der Waals surface area (Å²) in [6.07, 6.45) is 0.989. The van der Waals surface area contributed by atoms with E-state index in [4.69, 9.17) is 4.74 Å². The summed E-state index contributed by atoms with van der Waals surface area (Å²) in [5.74, 6) is 0.617. The molecule has 1 unspecified atom stereocenters. The molecule has 3 rings (SSSR count). The zero-order valence-electron chi connectivity index (χ0n) is 14.8. The Hall–Kier alpha value is -2.51. The van der Waals surface area contributed by atoms with Crippen molar-refractivity contribution >= 4 is 32.6 Å². The minimum atomic E-state index is -0.883. The number of rotatable bonds is 7. The van der Waals surface area contributed by atoms with Gasteiger partial charge < -0.3 is 9.84 Å².